The molecule has 0 bridgehead atoms. The molecule has 0 aromatic carbocycles. The van der Waals surface area contributed by atoms with E-state index in [2.05, 4.69) is 5.32 Å². The number of carbonyl (C=O) groups excluding carboxylic acids is 2. The van der Waals surface area contributed by atoms with Crippen molar-refractivity contribution in [1.82, 2.24) is 10.2 Å². The molecule has 0 saturated carbocycles. The van der Waals surface area contributed by atoms with E-state index in [9.17, 15) is 14.4 Å². The topological polar surface area (TPSA) is 95.9 Å². The maximum Gasteiger partial charge on any atom is 0.410 e. The molecule has 150 valence electrons. The minimum absolute atomic E-state index is 0.204. The van der Waals surface area contributed by atoms with Gasteiger partial charge in [0.2, 0.25) is 5.91 Å². The summed E-state index contributed by atoms with van der Waals surface area (Å²) in [6, 6.07) is 0. The molecule has 0 spiro atoms. The number of unbranched alkanes of at least 4 members (excludes halogenated alkanes) is 1. The third-order valence-electron chi connectivity index (χ3n) is 4.42. The van der Waals surface area contributed by atoms with Gasteiger partial charge >= 0.3 is 12.1 Å². The highest BCUT2D eigenvalue weighted by atomic mass is 16.6. The Hall–Kier alpha value is -1.79. The molecule has 2 amide bonds. The lowest BCUT2D eigenvalue weighted by Crippen LogP contribution is -2.41. The Balaban J connectivity index is 0.000000472. The first-order chi connectivity index (χ1) is 12.2. The maximum absolute atomic E-state index is 11.9. The Morgan fingerprint density at radius 3 is 2.31 bits per heavy atom. The fourth-order valence-electron chi connectivity index (χ4n) is 3.01. The zero-order chi connectivity index (χ0) is 19.6. The number of rotatable bonds is 5. The summed E-state index contributed by atoms with van der Waals surface area (Å²) in [6.45, 7) is 8.01. The van der Waals surface area contributed by atoms with E-state index in [0.29, 0.717) is 5.92 Å². The summed E-state index contributed by atoms with van der Waals surface area (Å²) in [6.07, 6.45) is 6.57. The molecular formula is C19H34N2O5. The van der Waals surface area contributed by atoms with Gasteiger partial charge in [-0.15, -0.1) is 0 Å². The SMILES string of the molecule is CC(C)(C)OC(=O)N1CCC(CCCCC(=O)O)CC1.O=C1CCCN1. The van der Waals surface area contributed by atoms with Crippen molar-refractivity contribution in [2.45, 2.75) is 77.7 Å². The summed E-state index contributed by atoms with van der Waals surface area (Å²) in [5.74, 6) is 0.0993. The van der Waals surface area contributed by atoms with Crippen LogP contribution >= 0.6 is 0 Å². The molecule has 2 saturated heterocycles. The number of piperidine rings is 1. The largest absolute Gasteiger partial charge is 0.481 e. The van der Waals surface area contributed by atoms with Crippen LogP contribution in [0.15, 0.2) is 0 Å². The number of carboxylic acids is 1. The van der Waals surface area contributed by atoms with Crippen LogP contribution in [0.2, 0.25) is 0 Å². The van der Waals surface area contributed by atoms with Crippen LogP contribution in [0.25, 0.3) is 0 Å². The summed E-state index contributed by atoms with van der Waals surface area (Å²) in [4.78, 5) is 34.2. The molecule has 0 atom stereocenters. The number of hydrogen-bond acceptors (Lipinski definition) is 4. The number of nitrogens with one attached hydrogen (secondary N) is 1. The van der Waals surface area contributed by atoms with E-state index in [1.54, 1.807) is 4.90 Å². The first-order valence-electron chi connectivity index (χ1n) is 9.64. The quantitative estimate of drug-likeness (QED) is 0.725. The predicted octanol–water partition coefficient (Wildman–Crippen LogP) is 3.17. The van der Waals surface area contributed by atoms with E-state index in [4.69, 9.17) is 9.84 Å². The Bertz CT molecular complexity index is 457. The standard InChI is InChI=1S/C15H27NO4.C4H7NO/c1-15(2,3)20-14(19)16-10-8-12(9-11-16)6-4-5-7-13(17)18;6-4-2-1-3-5-4/h12H,4-11H2,1-3H3,(H,17,18);1-3H2,(H,5,6). The molecule has 0 radical (unpaired) electrons. The Kier molecular flexibility index (Phi) is 9.44. The molecule has 2 heterocycles. The Labute approximate surface area is 156 Å². The van der Waals surface area contributed by atoms with Crippen LogP contribution in [-0.2, 0) is 14.3 Å². The van der Waals surface area contributed by atoms with Crippen LogP contribution in [0, 0.1) is 5.92 Å². The third kappa shape index (κ3) is 10.3. The number of ether oxygens (including phenoxy) is 1. The van der Waals surface area contributed by atoms with Crippen molar-refractivity contribution in [1.29, 1.82) is 0 Å². The van der Waals surface area contributed by atoms with Gasteiger partial charge in [-0.25, -0.2) is 4.79 Å². The molecule has 7 heteroatoms. The average Bonchev–Trinajstić information content (AvgIpc) is 3.02. The van der Waals surface area contributed by atoms with Crippen molar-refractivity contribution < 1.29 is 24.2 Å². The highest BCUT2D eigenvalue weighted by molar-refractivity contribution is 5.77. The average molecular weight is 370 g/mol. The number of hydrogen-bond donors (Lipinski definition) is 2. The van der Waals surface area contributed by atoms with Crippen molar-refractivity contribution in [3.8, 4) is 0 Å². The van der Waals surface area contributed by atoms with Crippen LogP contribution in [0.4, 0.5) is 4.79 Å². The summed E-state index contributed by atoms with van der Waals surface area (Å²) in [7, 11) is 0. The van der Waals surface area contributed by atoms with Crippen molar-refractivity contribution in [3.05, 3.63) is 0 Å². The minimum Gasteiger partial charge on any atom is -0.481 e. The van der Waals surface area contributed by atoms with Gasteiger partial charge in [-0.1, -0.05) is 12.8 Å². The molecular weight excluding hydrogens is 336 g/mol. The lowest BCUT2D eigenvalue weighted by Gasteiger charge is -2.33. The fourth-order valence-corrected chi connectivity index (χ4v) is 3.01. The lowest BCUT2D eigenvalue weighted by molar-refractivity contribution is -0.137. The van der Waals surface area contributed by atoms with Crippen molar-refractivity contribution in [3.63, 3.8) is 0 Å². The second-order valence-corrected chi connectivity index (χ2v) is 8.00. The number of amides is 2. The van der Waals surface area contributed by atoms with E-state index >= 15 is 0 Å². The van der Waals surface area contributed by atoms with Gasteiger partial charge in [0.1, 0.15) is 5.60 Å². The molecule has 0 unspecified atom stereocenters. The third-order valence-corrected chi connectivity index (χ3v) is 4.42. The number of carboxylic acid groups (broad SMARTS) is 1. The van der Waals surface area contributed by atoms with E-state index in [1.807, 2.05) is 20.8 Å². The Morgan fingerprint density at radius 2 is 1.88 bits per heavy atom. The van der Waals surface area contributed by atoms with Crippen LogP contribution in [0.3, 0.4) is 0 Å². The summed E-state index contributed by atoms with van der Waals surface area (Å²) >= 11 is 0. The van der Waals surface area contributed by atoms with Crippen molar-refractivity contribution in [2.75, 3.05) is 19.6 Å². The Morgan fingerprint density at radius 1 is 1.23 bits per heavy atom. The number of aliphatic carboxylic acids is 1. The smallest absolute Gasteiger partial charge is 0.410 e. The first-order valence-corrected chi connectivity index (χ1v) is 9.64. The lowest BCUT2D eigenvalue weighted by atomic mass is 9.91. The molecule has 2 aliphatic heterocycles. The molecule has 7 nitrogen and oxygen atoms in total. The van der Waals surface area contributed by atoms with Gasteiger partial charge in [0.25, 0.3) is 0 Å². The minimum atomic E-state index is -0.718. The first kappa shape index (κ1) is 22.3. The van der Waals surface area contributed by atoms with Crippen molar-refractivity contribution in [2.24, 2.45) is 5.92 Å². The second kappa shape index (κ2) is 11.0. The molecule has 0 aromatic rings. The van der Waals surface area contributed by atoms with Crippen molar-refractivity contribution >= 4 is 18.0 Å². The van der Waals surface area contributed by atoms with Gasteiger partial charge in [-0.3, -0.25) is 9.59 Å². The normalized spacial score (nSPS) is 18.0. The number of likely N-dealkylation sites (tertiary alicyclic amines) is 1. The van der Waals surface area contributed by atoms with E-state index < -0.39 is 11.6 Å². The summed E-state index contributed by atoms with van der Waals surface area (Å²) in [5, 5.41) is 11.3. The maximum atomic E-state index is 11.9. The highest BCUT2D eigenvalue weighted by Gasteiger charge is 2.26. The van der Waals surface area contributed by atoms with E-state index in [1.165, 1.54) is 0 Å². The molecule has 26 heavy (non-hydrogen) atoms. The van der Waals surface area contributed by atoms with Crippen LogP contribution in [-0.4, -0.2) is 53.2 Å². The zero-order valence-electron chi connectivity index (χ0n) is 16.4. The molecule has 0 aromatic heterocycles. The van der Waals surface area contributed by atoms with Crippen LogP contribution in [0.5, 0.6) is 0 Å². The van der Waals surface area contributed by atoms with Gasteiger partial charge in [-0.2, -0.15) is 0 Å². The summed E-state index contributed by atoms with van der Waals surface area (Å²) < 4.78 is 5.36. The summed E-state index contributed by atoms with van der Waals surface area (Å²) in [5.41, 5.74) is -0.440. The van der Waals surface area contributed by atoms with Gasteiger partial charge < -0.3 is 20.1 Å². The van der Waals surface area contributed by atoms with Gasteiger partial charge in [0.15, 0.2) is 0 Å². The van der Waals surface area contributed by atoms with E-state index in [-0.39, 0.29) is 18.4 Å². The molecule has 2 fully saturated rings. The highest BCUT2D eigenvalue weighted by Crippen LogP contribution is 2.24. The van der Waals surface area contributed by atoms with Gasteiger partial charge in [0, 0.05) is 32.5 Å². The van der Waals surface area contributed by atoms with Gasteiger partial charge in [-0.05, 0) is 52.4 Å². The fraction of sp³-hybridized carbons (Fsp3) is 0.842. The molecule has 0 aliphatic carbocycles. The second-order valence-electron chi connectivity index (χ2n) is 8.00. The molecule has 2 N–H and O–H groups in total. The van der Waals surface area contributed by atoms with Gasteiger partial charge in [0.05, 0.1) is 0 Å². The van der Waals surface area contributed by atoms with Crippen LogP contribution < -0.4 is 5.32 Å². The molecule has 2 rings (SSSR count). The monoisotopic (exact) mass is 370 g/mol. The van der Waals surface area contributed by atoms with Crippen LogP contribution in [0.1, 0.15) is 72.1 Å². The number of nitrogens with zero attached hydrogens (tertiary/aromatic N) is 1. The predicted molar refractivity (Wildman–Crippen MR) is 98.9 cm³/mol. The molecule has 2 aliphatic rings. The van der Waals surface area contributed by atoms with E-state index in [0.717, 1.165) is 64.6 Å². The number of carbonyl (C=O) groups is 3. The zero-order valence-corrected chi connectivity index (χ0v) is 16.4.